The number of aromatic nitrogens is 4. The van der Waals surface area contributed by atoms with Crippen LogP contribution in [0.2, 0.25) is 0 Å². The molecule has 8 heteroatoms. The van der Waals surface area contributed by atoms with Crippen LogP contribution < -0.4 is 11.3 Å². The van der Waals surface area contributed by atoms with Gasteiger partial charge in [0.25, 0.3) is 5.56 Å². The molecule has 0 radical (unpaired) electrons. The molecule has 25 heavy (non-hydrogen) atoms. The second-order valence-corrected chi connectivity index (χ2v) is 6.00. The molecule has 0 amide bonds. The number of para-hydroxylation sites is 1. The van der Waals surface area contributed by atoms with Crippen LogP contribution in [0, 0.1) is 0 Å². The number of rotatable bonds is 7. The van der Waals surface area contributed by atoms with Crippen molar-refractivity contribution < 1.29 is 4.52 Å². The van der Waals surface area contributed by atoms with Crippen LogP contribution in [0.4, 0.5) is 0 Å². The molecule has 1 aromatic carbocycles. The van der Waals surface area contributed by atoms with Gasteiger partial charge in [0.05, 0.1) is 30.5 Å². The first-order valence-electron chi connectivity index (χ1n) is 8.34. The van der Waals surface area contributed by atoms with Crippen LogP contribution in [-0.2, 0) is 19.6 Å². The lowest BCUT2D eigenvalue weighted by molar-refractivity contribution is 0.174. The molecule has 1 unspecified atom stereocenters. The van der Waals surface area contributed by atoms with E-state index >= 15 is 0 Å². The van der Waals surface area contributed by atoms with Gasteiger partial charge in [-0.05, 0) is 25.5 Å². The summed E-state index contributed by atoms with van der Waals surface area (Å²) in [6.45, 7) is 5.42. The van der Waals surface area contributed by atoms with Gasteiger partial charge in [-0.3, -0.25) is 9.69 Å². The van der Waals surface area contributed by atoms with Crippen molar-refractivity contribution in [2.75, 3.05) is 0 Å². The molecule has 0 aliphatic rings. The zero-order chi connectivity index (χ0) is 17.8. The molecule has 3 rings (SSSR count). The van der Waals surface area contributed by atoms with Crippen LogP contribution in [0.1, 0.15) is 37.8 Å². The average Bonchev–Trinajstić information content (AvgIpc) is 3.08. The van der Waals surface area contributed by atoms with Crippen LogP contribution in [0.5, 0.6) is 0 Å². The summed E-state index contributed by atoms with van der Waals surface area (Å²) in [7, 11) is 0. The van der Waals surface area contributed by atoms with E-state index in [1.807, 2.05) is 18.2 Å². The number of fused-ring (bicyclic) bond motifs is 1. The third-order valence-electron chi connectivity index (χ3n) is 4.26. The first-order valence-corrected chi connectivity index (χ1v) is 8.34. The Morgan fingerprint density at radius 1 is 1.28 bits per heavy atom. The van der Waals surface area contributed by atoms with Crippen molar-refractivity contribution in [2.24, 2.45) is 5.73 Å². The van der Waals surface area contributed by atoms with Crippen molar-refractivity contribution in [3.05, 3.63) is 52.2 Å². The highest BCUT2D eigenvalue weighted by atomic mass is 16.5. The first-order chi connectivity index (χ1) is 12.1. The van der Waals surface area contributed by atoms with Gasteiger partial charge >= 0.3 is 0 Å². The highest BCUT2D eigenvalue weighted by Gasteiger charge is 2.18. The molecule has 0 bridgehead atoms. The van der Waals surface area contributed by atoms with Gasteiger partial charge in [0.1, 0.15) is 5.82 Å². The molecule has 0 aliphatic carbocycles. The normalized spacial score (nSPS) is 12.8. The summed E-state index contributed by atoms with van der Waals surface area (Å²) in [4.78, 5) is 26.1. The minimum Gasteiger partial charge on any atom is -0.338 e. The van der Waals surface area contributed by atoms with Crippen LogP contribution in [0.25, 0.3) is 10.9 Å². The van der Waals surface area contributed by atoms with Gasteiger partial charge in [-0.2, -0.15) is 4.98 Å². The van der Waals surface area contributed by atoms with E-state index in [-0.39, 0.29) is 18.1 Å². The quantitative estimate of drug-likeness (QED) is 0.670. The Hall–Kier alpha value is -2.58. The number of H-pyrrole nitrogens is 1. The van der Waals surface area contributed by atoms with Crippen molar-refractivity contribution in [2.45, 2.75) is 45.9 Å². The third-order valence-corrected chi connectivity index (χ3v) is 4.26. The average molecular weight is 342 g/mol. The smallest absolute Gasteiger partial charge is 0.258 e. The van der Waals surface area contributed by atoms with Crippen molar-refractivity contribution in [3.8, 4) is 0 Å². The molecular formula is C17H22N6O2. The summed E-state index contributed by atoms with van der Waals surface area (Å²) in [6, 6.07) is 7.57. The topological polar surface area (TPSA) is 114 Å². The number of nitrogens with two attached hydrogens (primary N) is 1. The fourth-order valence-electron chi connectivity index (χ4n) is 2.65. The fraction of sp³-hybridized carbons (Fsp3) is 0.412. The minimum atomic E-state index is -0.130. The third kappa shape index (κ3) is 3.92. The molecule has 0 fully saturated rings. The molecule has 0 aliphatic heterocycles. The SMILES string of the molecule is CCC(C)N(Cc1noc(CN)n1)Cc1nc2ccccc2c(=O)[nH]1. The minimum absolute atomic E-state index is 0.130. The molecule has 2 heterocycles. The van der Waals surface area contributed by atoms with E-state index in [4.69, 9.17) is 10.3 Å². The van der Waals surface area contributed by atoms with Gasteiger partial charge in [-0.1, -0.05) is 24.2 Å². The monoisotopic (exact) mass is 342 g/mol. The standard InChI is InChI=1S/C17H22N6O2/c1-3-11(2)23(10-15-20-16(8-18)25-22-15)9-14-19-13-7-5-4-6-12(13)17(24)21-14/h4-7,11H,3,8-10,18H2,1-2H3,(H,19,21,24). The Kier molecular flexibility index (Phi) is 5.20. The molecule has 132 valence electrons. The number of hydrogen-bond acceptors (Lipinski definition) is 7. The Balaban J connectivity index is 1.86. The lowest BCUT2D eigenvalue weighted by Gasteiger charge is -2.26. The fourth-order valence-corrected chi connectivity index (χ4v) is 2.65. The Morgan fingerprint density at radius 2 is 2.08 bits per heavy atom. The summed E-state index contributed by atoms with van der Waals surface area (Å²) < 4.78 is 5.07. The first kappa shape index (κ1) is 17.2. The highest BCUT2D eigenvalue weighted by molar-refractivity contribution is 5.77. The maximum atomic E-state index is 12.3. The molecular weight excluding hydrogens is 320 g/mol. The van der Waals surface area contributed by atoms with Crippen molar-refractivity contribution in [1.29, 1.82) is 0 Å². The molecule has 2 aromatic heterocycles. The van der Waals surface area contributed by atoms with Crippen molar-refractivity contribution >= 4 is 10.9 Å². The number of hydrogen-bond donors (Lipinski definition) is 2. The van der Waals surface area contributed by atoms with Gasteiger partial charge in [-0.15, -0.1) is 0 Å². The maximum absolute atomic E-state index is 12.3. The lowest BCUT2D eigenvalue weighted by atomic mass is 10.2. The van der Waals surface area contributed by atoms with Gasteiger partial charge < -0.3 is 15.2 Å². The van der Waals surface area contributed by atoms with E-state index in [9.17, 15) is 4.79 Å². The highest BCUT2D eigenvalue weighted by Crippen LogP contribution is 2.13. The van der Waals surface area contributed by atoms with Crippen molar-refractivity contribution in [3.63, 3.8) is 0 Å². The maximum Gasteiger partial charge on any atom is 0.258 e. The molecule has 0 saturated heterocycles. The molecule has 3 N–H and O–H groups in total. The molecule has 1 atom stereocenters. The van der Waals surface area contributed by atoms with E-state index < -0.39 is 0 Å². The largest absolute Gasteiger partial charge is 0.338 e. The van der Waals surface area contributed by atoms with Crippen LogP contribution >= 0.6 is 0 Å². The predicted molar refractivity (Wildman–Crippen MR) is 93.6 cm³/mol. The van der Waals surface area contributed by atoms with Crippen LogP contribution in [0.15, 0.2) is 33.6 Å². The second kappa shape index (κ2) is 7.54. The summed E-state index contributed by atoms with van der Waals surface area (Å²) in [5.41, 5.74) is 6.07. The van der Waals surface area contributed by atoms with Gasteiger partial charge in [0.2, 0.25) is 5.89 Å². The second-order valence-electron chi connectivity index (χ2n) is 6.00. The molecule has 8 nitrogen and oxygen atoms in total. The summed E-state index contributed by atoms with van der Waals surface area (Å²) in [5, 5.41) is 4.54. The van der Waals surface area contributed by atoms with Crippen LogP contribution in [0.3, 0.4) is 0 Å². The van der Waals surface area contributed by atoms with E-state index in [0.29, 0.717) is 41.5 Å². The summed E-state index contributed by atoms with van der Waals surface area (Å²) in [6.07, 6.45) is 0.944. The van der Waals surface area contributed by atoms with Crippen LogP contribution in [-0.4, -0.2) is 31.1 Å². The number of benzene rings is 1. The Morgan fingerprint density at radius 3 is 2.80 bits per heavy atom. The predicted octanol–water partition coefficient (Wildman–Crippen LogP) is 1.57. The Labute approximate surface area is 145 Å². The van der Waals surface area contributed by atoms with Gasteiger partial charge in [0, 0.05) is 6.04 Å². The van der Waals surface area contributed by atoms with E-state index in [1.165, 1.54) is 0 Å². The van der Waals surface area contributed by atoms with Crippen molar-refractivity contribution in [1.82, 2.24) is 25.0 Å². The number of nitrogens with zero attached hydrogens (tertiary/aromatic N) is 4. The van der Waals surface area contributed by atoms with Gasteiger partial charge in [0.15, 0.2) is 5.82 Å². The number of aromatic amines is 1. The lowest BCUT2D eigenvalue weighted by Crippen LogP contribution is -2.33. The molecule has 3 aromatic rings. The zero-order valence-corrected chi connectivity index (χ0v) is 14.4. The summed E-state index contributed by atoms with van der Waals surface area (Å²) in [5.74, 6) is 1.60. The van der Waals surface area contributed by atoms with E-state index in [1.54, 1.807) is 6.07 Å². The van der Waals surface area contributed by atoms with E-state index in [2.05, 4.69) is 38.9 Å². The summed E-state index contributed by atoms with van der Waals surface area (Å²) >= 11 is 0. The number of nitrogens with one attached hydrogen (secondary N) is 1. The molecule has 0 spiro atoms. The van der Waals surface area contributed by atoms with Gasteiger partial charge in [-0.25, -0.2) is 4.98 Å². The van der Waals surface area contributed by atoms with E-state index in [0.717, 1.165) is 6.42 Å². The molecule has 0 saturated carbocycles. The Bertz CT molecular complexity index is 903. The zero-order valence-electron chi connectivity index (χ0n) is 14.4.